The summed E-state index contributed by atoms with van der Waals surface area (Å²) in [7, 11) is 0. The van der Waals surface area contributed by atoms with Gasteiger partial charge < -0.3 is 15.1 Å². The highest BCUT2D eigenvalue weighted by Crippen LogP contribution is 2.31. The van der Waals surface area contributed by atoms with E-state index in [9.17, 15) is 4.79 Å². The maximum Gasteiger partial charge on any atom is 0.321 e. The molecule has 1 aliphatic rings. The van der Waals surface area contributed by atoms with Crippen molar-refractivity contribution in [2.24, 2.45) is 0 Å². The summed E-state index contributed by atoms with van der Waals surface area (Å²) in [6.07, 6.45) is 0.890. The van der Waals surface area contributed by atoms with Crippen molar-refractivity contribution in [1.29, 1.82) is 0 Å². The minimum atomic E-state index is -0.0384. The van der Waals surface area contributed by atoms with Crippen molar-refractivity contribution < 1.29 is 4.79 Å². The molecular formula is C28H35N5O. The Labute approximate surface area is 203 Å². The van der Waals surface area contributed by atoms with Gasteiger partial charge >= 0.3 is 6.03 Å². The Morgan fingerprint density at radius 1 is 0.912 bits per heavy atom. The zero-order chi connectivity index (χ0) is 24.2. The van der Waals surface area contributed by atoms with Gasteiger partial charge in [0, 0.05) is 48.7 Å². The van der Waals surface area contributed by atoms with Crippen molar-refractivity contribution in [2.45, 2.75) is 47.0 Å². The smallest absolute Gasteiger partial charge is 0.321 e. The second-order valence-corrected chi connectivity index (χ2v) is 9.40. The number of urea groups is 1. The molecule has 1 aliphatic heterocycles. The highest BCUT2D eigenvalue weighted by Gasteiger charge is 2.25. The third-order valence-electron chi connectivity index (χ3n) is 6.65. The van der Waals surface area contributed by atoms with Crippen molar-refractivity contribution >= 4 is 17.5 Å². The minimum absolute atomic E-state index is 0.0384. The summed E-state index contributed by atoms with van der Waals surface area (Å²) in [5.41, 5.74) is 6.40. The number of nitrogens with one attached hydrogen (secondary N) is 1. The van der Waals surface area contributed by atoms with Crippen molar-refractivity contribution in [1.82, 2.24) is 14.9 Å². The van der Waals surface area contributed by atoms with Gasteiger partial charge in [-0.1, -0.05) is 56.3 Å². The first-order valence-corrected chi connectivity index (χ1v) is 12.2. The summed E-state index contributed by atoms with van der Waals surface area (Å²) in [5, 5.41) is 3.12. The summed E-state index contributed by atoms with van der Waals surface area (Å²) < 4.78 is 0. The highest BCUT2D eigenvalue weighted by molar-refractivity contribution is 5.90. The number of carbonyl (C=O) groups excluding carboxylic acids is 1. The number of rotatable bonds is 4. The van der Waals surface area contributed by atoms with Crippen molar-refractivity contribution in [3.63, 3.8) is 0 Å². The number of hydrogen-bond acceptors (Lipinski definition) is 4. The van der Waals surface area contributed by atoms with E-state index in [1.807, 2.05) is 42.2 Å². The van der Waals surface area contributed by atoms with Gasteiger partial charge in [0.25, 0.3) is 0 Å². The first-order chi connectivity index (χ1) is 16.3. The third-order valence-corrected chi connectivity index (χ3v) is 6.65. The van der Waals surface area contributed by atoms with E-state index in [1.165, 1.54) is 11.1 Å². The van der Waals surface area contributed by atoms with E-state index in [0.717, 1.165) is 60.2 Å². The maximum absolute atomic E-state index is 13.1. The molecule has 0 spiro atoms. The van der Waals surface area contributed by atoms with Crippen molar-refractivity contribution in [3.05, 3.63) is 70.9 Å². The lowest BCUT2D eigenvalue weighted by molar-refractivity contribution is 0.215. The van der Waals surface area contributed by atoms with Gasteiger partial charge in [0.15, 0.2) is 5.82 Å². The first kappa shape index (κ1) is 23.7. The molecule has 1 N–H and O–H groups in total. The Bertz CT molecular complexity index is 1160. The van der Waals surface area contributed by atoms with Gasteiger partial charge in [-0.2, -0.15) is 0 Å². The third kappa shape index (κ3) is 5.06. The Morgan fingerprint density at radius 2 is 1.68 bits per heavy atom. The molecule has 2 aromatic carbocycles. The molecule has 1 saturated heterocycles. The van der Waals surface area contributed by atoms with Crippen LogP contribution in [0.2, 0.25) is 0 Å². The lowest BCUT2D eigenvalue weighted by atomic mass is 10.0. The van der Waals surface area contributed by atoms with E-state index >= 15 is 0 Å². The Hall–Kier alpha value is -3.41. The van der Waals surface area contributed by atoms with Crippen LogP contribution < -0.4 is 10.2 Å². The number of hydrogen-bond donors (Lipinski definition) is 1. The fourth-order valence-electron chi connectivity index (χ4n) is 4.61. The predicted octanol–water partition coefficient (Wildman–Crippen LogP) is 5.94. The average molecular weight is 458 g/mol. The van der Waals surface area contributed by atoms with Gasteiger partial charge in [-0.3, -0.25) is 0 Å². The summed E-state index contributed by atoms with van der Waals surface area (Å²) >= 11 is 0. The van der Waals surface area contributed by atoms with Crippen LogP contribution in [-0.4, -0.2) is 47.1 Å². The molecule has 1 fully saturated rings. The number of amides is 2. The van der Waals surface area contributed by atoms with Gasteiger partial charge in [-0.05, 0) is 50.3 Å². The first-order valence-electron chi connectivity index (χ1n) is 12.2. The molecule has 1 aromatic heterocycles. The van der Waals surface area contributed by atoms with Crippen LogP contribution in [0.25, 0.3) is 11.4 Å². The fraction of sp³-hybridized carbons (Fsp3) is 0.393. The summed E-state index contributed by atoms with van der Waals surface area (Å²) in [5.74, 6) is 2.07. The van der Waals surface area contributed by atoms with E-state index in [0.29, 0.717) is 12.5 Å². The summed E-state index contributed by atoms with van der Waals surface area (Å²) in [4.78, 5) is 27.2. The molecule has 0 unspecified atom stereocenters. The standard InChI is InChI=1S/C28H35N5O/c1-19(2)25-22(5)29-26(23-12-7-6-8-13-23)31-27(25)32-15-10-16-33(18-17-32)28(34)30-24-14-9-11-20(3)21(24)4/h6-9,11-14,19H,10,15-18H2,1-5H3,(H,30,34). The van der Waals surface area contributed by atoms with Crippen LogP contribution in [0.5, 0.6) is 0 Å². The van der Waals surface area contributed by atoms with Crippen LogP contribution in [0.4, 0.5) is 16.3 Å². The van der Waals surface area contributed by atoms with Gasteiger partial charge in [0.2, 0.25) is 0 Å². The van der Waals surface area contributed by atoms with E-state index in [2.05, 4.69) is 56.1 Å². The second kappa shape index (κ2) is 10.2. The molecule has 3 aromatic rings. The lowest BCUT2D eigenvalue weighted by Gasteiger charge is -2.27. The second-order valence-electron chi connectivity index (χ2n) is 9.40. The SMILES string of the molecule is Cc1cccc(NC(=O)N2CCCN(c3nc(-c4ccccc4)nc(C)c3C(C)C)CC2)c1C. The molecule has 34 heavy (non-hydrogen) atoms. The molecule has 6 nitrogen and oxygen atoms in total. The molecule has 6 heteroatoms. The van der Waals surface area contributed by atoms with E-state index in [4.69, 9.17) is 9.97 Å². The van der Waals surface area contributed by atoms with Crippen LogP contribution >= 0.6 is 0 Å². The van der Waals surface area contributed by atoms with Crippen LogP contribution in [0, 0.1) is 20.8 Å². The summed E-state index contributed by atoms with van der Waals surface area (Å²) in [6, 6.07) is 16.1. The number of anilines is 2. The zero-order valence-electron chi connectivity index (χ0n) is 20.9. The number of benzene rings is 2. The maximum atomic E-state index is 13.1. The minimum Gasteiger partial charge on any atom is -0.354 e. The van der Waals surface area contributed by atoms with Gasteiger partial charge in [-0.15, -0.1) is 0 Å². The number of nitrogens with zero attached hydrogens (tertiary/aromatic N) is 4. The largest absolute Gasteiger partial charge is 0.354 e. The van der Waals surface area contributed by atoms with Crippen LogP contribution in [0.15, 0.2) is 48.5 Å². The fourth-order valence-corrected chi connectivity index (χ4v) is 4.61. The predicted molar refractivity (Wildman–Crippen MR) is 140 cm³/mol. The lowest BCUT2D eigenvalue weighted by Crippen LogP contribution is -2.38. The van der Waals surface area contributed by atoms with Gasteiger partial charge in [0.05, 0.1) is 0 Å². The quantitative estimate of drug-likeness (QED) is 0.527. The van der Waals surface area contributed by atoms with Crippen LogP contribution in [-0.2, 0) is 0 Å². The number of aromatic nitrogens is 2. The molecule has 4 rings (SSSR count). The average Bonchev–Trinajstić information content (AvgIpc) is 3.08. The van der Waals surface area contributed by atoms with Crippen molar-refractivity contribution in [2.75, 3.05) is 36.4 Å². The molecule has 0 bridgehead atoms. The molecular weight excluding hydrogens is 422 g/mol. The molecule has 0 saturated carbocycles. The summed E-state index contributed by atoms with van der Waals surface area (Å²) in [6.45, 7) is 13.5. The van der Waals surface area contributed by atoms with E-state index in [-0.39, 0.29) is 6.03 Å². The molecule has 0 radical (unpaired) electrons. The molecule has 0 aliphatic carbocycles. The van der Waals surface area contributed by atoms with Crippen LogP contribution in [0.1, 0.15) is 48.6 Å². The molecule has 0 atom stereocenters. The van der Waals surface area contributed by atoms with Gasteiger partial charge in [-0.25, -0.2) is 14.8 Å². The molecule has 2 amide bonds. The Kier molecular flexibility index (Phi) is 7.15. The topological polar surface area (TPSA) is 61.4 Å². The number of carbonyl (C=O) groups is 1. The zero-order valence-corrected chi connectivity index (χ0v) is 20.9. The monoisotopic (exact) mass is 457 g/mol. The number of aryl methyl sites for hydroxylation is 2. The normalized spacial score (nSPS) is 14.3. The van der Waals surface area contributed by atoms with Crippen LogP contribution in [0.3, 0.4) is 0 Å². The molecule has 2 heterocycles. The van der Waals surface area contributed by atoms with Gasteiger partial charge in [0.1, 0.15) is 5.82 Å². The Balaban J connectivity index is 1.56. The van der Waals surface area contributed by atoms with Crippen molar-refractivity contribution in [3.8, 4) is 11.4 Å². The molecule has 178 valence electrons. The highest BCUT2D eigenvalue weighted by atomic mass is 16.2. The van der Waals surface area contributed by atoms with E-state index in [1.54, 1.807) is 0 Å². The van der Waals surface area contributed by atoms with E-state index < -0.39 is 0 Å². The Morgan fingerprint density at radius 3 is 2.41 bits per heavy atom.